The first-order valence-electron chi connectivity index (χ1n) is 6.62. The van der Waals surface area contributed by atoms with Gasteiger partial charge >= 0.3 is 0 Å². The van der Waals surface area contributed by atoms with Crippen LogP contribution in [-0.2, 0) is 0 Å². The molecule has 104 valence electrons. The first-order valence-corrected chi connectivity index (χ1v) is 7.39. The molecule has 0 aliphatic carbocycles. The molecule has 0 spiro atoms. The van der Waals surface area contributed by atoms with Crippen molar-refractivity contribution in [1.82, 2.24) is 9.59 Å². The Hall–Kier alpha value is -1.79. The lowest BCUT2D eigenvalue weighted by Gasteiger charge is -2.16. The highest BCUT2D eigenvalue weighted by Crippen LogP contribution is 2.38. The second-order valence-electron chi connectivity index (χ2n) is 4.94. The Labute approximate surface area is 121 Å². The van der Waals surface area contributed by atoms with Gasteiger partial charge in [0.2, 0.25) is 0 Å². The van der Waals surface area contributed by atoms with E-state index in [2.05, 4.69) is 15.7 Å². The van der Waals surface area contributed by atoms with Crippen LogP contribution < -0.4 is 10.6 Å². The van der Waals surface area contributed by atoms with Crippen molar-refractivity contribution in [3.8, 4) is 0 Å². The molecular formula is C14H16N4OS. The SMILES string of the molecule is Cc1nnsc1C(=O)N1CC(CCN)c2ccccc21. The maximum atomic E-state index is 12.7. The van der Waals surface area contributed by atoms with Crippen LogP contribution in [0.5, 0.6) is 0 Å². The molecule has 2 heterocycles. The van der Waals surface area contributed by atoms with Crippen LogP contribution in [0.4, 0.5) is 5.69 Å². The van der Waals surface area contributed by atoms with Gasteiger partial charge in [0.05, 0.1) is 5.69 Å². The van der Waals surface area contributed by atoms with Gasteiger partial charge in [-0.1, -0.05) is 22.7 Å². The molecule has 0 saturated heterocycles. The highest BCUT2D eigenvalue weighted by molar-refractivity contribution is 7.08. The van der Waals surface area contributed by atoms with Crippen LogP contribution in [0.15, 0.2) is 24.3 Å². The highest BCUT2D eigenvalue weighted by Gasteiger charge is 2.33. The smallest absolute Gasteiger partial charge is 0.271 e. The summed E-state index contributed by atoms with van der Waals surface area (Å²) in [5, 5.41) is 3.92. The van der Waals surface area contributed by atoms with Crippen molar-refractivity contribution in [2.75, 3.05) is 18.0 Å². The molecule has 2 aromatic rings. The van der Waals surface area contributed by atoms with Crippen molar-refractivity contribution in [2.45, 2.75) is 19.3 Å². The Kier molecular flexibility index (Phi) is 3.50. The molecule has 0 bridgehead atoms. The average Bonchev–Trinajstić information content (AvgIpc) is 3.03. The monoisotopic (exact) mass is 288 g/mol. The van der Waals surface area contributed by atoms with E-state index in [9.17, 15) is 4.79 Å². The summed E-state index contributed by atoms with van der Waals surface area (Å²) in [6.45, 7) is 3.13. The number of para-hydroxylation sites is 1. The number of aromatic nitrogens is 2. The number of nitrogens with two attached hydrogens (primary N) is 1. The van der Waals surface area contributed by atoms with E-state index < -0.39 is 0 Å². The zero-order valence-electron chi connectivity index (χ0n) is 11.2. The number of carbonyl (C=O) groups excluding carboxylic acids is 1. The number of fused-ring (bicyclic) bond motifs is 1. The lowest BCUT2D eigenvalue weighted by molar-refractivity contribution is 0.0991. The Morgan fingerprint density at radius 3 is 3.00 bits per heavy atom. The Balaban J connectivity index is 1.96. The summed E-state index contributed by atoms with van der Waals surface area (Å²) >= 11 is 1.16. The maximum absolute atomic E-state index is 12.7. The van der Waals surface area contributed by atoms with Crippen molar-refractivity contribution in [3.05, 3.63) is 40.4 Å². The summed E-state index contributed by atoms with van der Waals surface area (Å²) in [4.78, 5) is 15.1. The first-order chi connectivity index (χ1) is 9.72. The number of aryl methyl sites for hydroxylation is 1. The molecule has 1 aromatic carbocycles. The summed E-state index contributed by atoms with van der Waals surface area (Å²) in [5.41, 5.74) is 8.58. The van der Waals surface area contributed by atoms with Gasteiger partial charge < -0.3 is 10.6 Å². The number of amides is 1. The van der Waals surface area contributed by atoms with Crippen LogP contribution in [0.25, 0.3) is 0 Å². The van der Waals surface area contributed by atoms with Gasteiger partial charge in [0.15, 0.2) is 0 Å². The van der Waals surface area contributed by atoms with Gasteiger partial charge in [-0.2, -0.15) is 0 Å². The quantitative estimate of drug-likeness (QED) is 0.937. The Morgan fingerprint density at radius 1 is 1.50 bits per heavy atom. The highest BCUT2D eigenvalue weighted by atomic mass is 32.1. The molecule has 1 atom stereocenters. The van der Waals surface area contributed by atoms with E-state index in [1.807, 2.05) is 30.0 Å². The van der Waals surface area contributed by atoms with E-state index in [1.165, 1.54) is 5.56 Å². The second kappa shape index (κ2) is 5.30. The number of rotatable bonds is 3. The van der Waals surface area contributed by atoms with Crippen LogP contribution in [0.2, 0.25) is 0 Å². The zero-order chi connectivity index (χ0) is 14.1. The normalized spacial score (nSPS) is 17.3. The maximum Gasteiger partial charge on any atom is 0.271 e. The number of benzene rings is 1. The summed E-state index contributed by atoms with van der Waals surface area (Å²) in [5.74, 6) is 0.311. The molecule has 0 saturated carbocycles. The molecular weight excluding hydrogens is 272 g/mol. The fraction of sp³-hybridized carbons (Fsp3) is 0.357. The van der Waals surface area contributed by atoms with Crippen molar-refractivity contribution in [2.24, 2.45) is 5.73 Å². The number of hydrogen-bond acceptors (Lipinski definition) is 5. The van der Waals surface area contributed by atoms with E-state index in [1.54, 1.807) is 0 Å². The van der Waals surface area contributed by atoms with Crippen molar-refractivity contribution in [1.29, 1.82) is 0 Å². The molecule has 0 fully saturated rings. The van der Waals surface area contributed by atoms with Gasteiger partial charge in [-0.25, -0.2) is 0 Å². The van der Waals surface area contributed by atoms with Crippen LogP contribution in [0.1, 0.15) is 33.3 Å². The summed E-state index contributed by atoms with van der Waals surface area (Å²) in [6, 6.07) is 8.05. The first kappa shape index (κ1) is 13.2. The molecule has 6 heteroatoms. The fourth-order valence-electron chi connectivity index (χ4n) is 2.69. The van der Waals surface area contributed by atoms with Crippen molar-refractivity contribution >= 4 is 23.1 Å². The van der Waals surface area contributed by atoms with Gasteiger partial charge in [-0.15, -0.1) is 5.10 Å². The van der Waals surface area contributed by atoms with Crippen LogP contribution in [-0.4, -0.2) is 28.6 Å². The molecule has 0 radical (unpaired) electrons. The van der Waals surface area contributed by atoms with Gasteiger partial charge in [0.25, 0.3) is 5.91 Å². The number of anilines is 1. The number of hydrogen-bond donors (Lipinski definition) is 1. The minimum atomic E-state index is -0.00975. The van der Waals surface area contributed by atoms with Gasteiger partial charge in [0.1, 0.15) is 4.88 Å². The lowest BCUT2D eigenvalue weighted by Crippen LogP contribution is -2.30. The van der Waals surface area contributed by atoms with E-state index in [-0.39, 0.29) is 5.91 Å². The van der Waals surface area contributed by atoms with E-state index in [0.717, 1.165) is 23.6 Å². The summed E-state index contributed by atoms with van der Waals surface area (Å²) < 4.78 is 3.85. The molecule has 20 heavy (non-hydrogen) atoms. The molecule has 1 aromatic heterocycles. The fourth-order valence-corrected chi connectivity index (χ4v) is 3.29. The summed E-state index contributed by atoms with van der Waals surface area (Å²) in [6.07, 6.45) is 0.890. The molecule has 5 nitrogen and oxygen atoms in total. The molecule has 3 rings (SSSR count). The molecule has 1 aliphatic heterocycles. The topological polar surface area (TPSA) is 72.1 Å². The minimum Gasteiger partial charge on any atom is -0.330 e. The van der Waals surface area contributed by atoms with Gasteiger partial charge in [-0.05, 0) is 43.1 Å². The van der Waals surface area contributed by atoms with Crippen LogP contribution >= 0.6 is 11.5 Å². The summed E-state index contributed by atoms with van der Waals surface area (Å²) in [7, 11) is 0. The second-order valence-corrected chi connectivity index (χ2v) is 5.69. The number of nitrogens with zero attached hydrogens (tertiary/aromatic N) is 3. The number of carbonyl (C=O) groups is 1. The molecule has 2 N–H and O–H groups in total. The largest absolute Gasteiger partial charge is 0.330 e. The average molecular weight is 288 g/mol. The lowest BCUT2D eigenvalue weighted by atomic mass is 9.98. The van der Waals surface area contributed by atoms with Crippen molar-refractivity contribution < 1.29 is 4.79 Å². The zero-order valence-corrected chi connectivity index (χ0v) is 12.1. The third-order valence-corrected chi connectivity index (χ3v) is 4.49. The standard InChI is InChI=1S/C14H16N4OS/c1-9-13(20-17-16-9)14(19)18-8-10(6-7-15)11-4-2-3-5-12(11)18/h2-5,10H,6-8,15H2,1H3. The molecule has 1 unspecified atom stereocenters. The van der Waals surface area contributed by atoms with Gasteiger partial charge in [0, 0.05) is 18.2 Å². The predicted octanol–water partition coefficient (Wildman–Crippen LogP) is 1.94. The molecule has 1 amide bonds. The Morgan fingerprint density at radius 2 is 2.30 bits per heavy atom. The van der Waals surface area contributed by atoms with Crippen molar-refractivity contribution in [3.63, 3.8) is 0 Å². The van der Waals surface area contributed by atoms with Crippen LogP contribution in [0, 0.1) is 6.92 Å². The Bertz CT molecular complexity index is 640. The van der Waals surface area contributed by atoms with E-state index >= 15 is 0 Å². The predicted molar refractivity (Wildman–Crippen MR) is 79.2 cm³/mol. The van der Waals surface area contributed by atoms with E-state index in [4.69, 9.17) is 5.73 Å². The van der Waals surface area contributed by atoms with Crippen LogP contribution in [0.3, 0.4) is 0 Å². The van der Waals surface area contributed by atoms with E-state index in [0.29, 0.717) is 29.6 Å². The third kappa shape index (κ3) is 2.10. The minimum absolute atomic E-state index is 0.00975. The third-order valence-electron chi connectivity index (χ3n) is 3.68. The van der Waals surface area contributed by atoms with Gasteiger partial charge in [-0.3, -0.25) is 4.79 Å². The molecule has 1 aliphatic rings.